The van der Waals surface area contributed by atoms with Crippen molar-refractivity contribution in [3.8, 4) is 0 Å². The highest BCUT2D eigenvalue weighted by Crippen LogP contribution is 2.00. The molecule has 0 saturated carbocycles. The topological polar surface area (TPSA) is 75.1 Å². The fourth-order valence-corrected chi connectivity index (χ4v) is 1.35. The Bertz CT molecular complexity index is 338. The van der Waals surface area contributed by atoms with Crippen LogP contribution in [-0.2, 0) is 11.3 Å². The Kier molecular flexibility index (Phi) is 4.85. The van der Waals surface area contributed by atoms with Crippen LogP contribution >= 0.6 is 0 Å². The van der Waals surface area contributed by atoms with Gasteiger partial charge in [-0.05, 0) is 13.3 Å². The molecule has 0 unspecified atom stereocenters. The van der Waals surface area contributed by atoms with Crippen LogP contribution in [0.2, 0.25) is 0 Å². The van der Waals surface area contributed by atoms with E-state index in [0.717, 1.165) is 12.0 Å². The zero-order valence-corrected chi connectivity index (χ0v) is 9.60. The lowest BCUT2D eigenvalue weighted by Gasteiger charge is -2.12. The van der Waals surface area contributed by atoms with Crippen molar-refractivity contribution >= 4 is 5.97 Å². The molecule has 0 amide bonds. The molecule has 5 heteroatoms. The lowest BCUT2D eigenvalue weighted by atomic mass is 10.1. The molecule has 88 valence electrons. The lowest BCUT2D eigenvalue weighted by molar-refractivity contribution is -0.139. The second kappa shape index (κ2) is 6.17. The van der Waals surface area contributed by atoms with Crippen LogP contribution in [-0.4, -0.2) is 27.1 Å². The lowest BCUT2D eigenvalue weighted by Crippen LogP contribution is -2.36. The van der Waals surface area contributed by atoms with Gasteiger partial charge in [0.15, 0.2) is 0 Å². The quantitative estimate of drug-likeness (QED) is 0.756. The Morgan fingerprint density at radius 3 is 2.62 bits per heavy atom. The molecule has 0 bridgehead atoms. The Morgan fingerprint density at radius 2 is 2.12 bits per heavy atom. The van der Waals surface area contributed by atoms with Crippen LogP contribution < -0.4 is 5.32 Å². The molecule has 1 aromatic heterocycles. The van der Waals surface area contributed by atoms with E-state index in [-0.39, 0.29) is 0 Å². The van der Waals surface area contributed by atoms with E-state index in [0.29, 0.717) is 18.8 Å². The van der Waals surface area contributed by atoms with Gasteiger partial charge in [0.2, 0.25) is 0 Å². The summed E-state index contributed by atoms with van der Waals surface area (Å²) in [5, 5.41) is 11.9. The molecule has 0 saturated heterocycles. The number of nitrogens with one attached hydrogen (secondary N) is 1. The largest absolute Gasteiger partial charge is 0.480 e. The molecular weight excluding hydrogens is 206 g/mol. The van der Waals surface area contributed by atoms with Crippen molar-refractivity contribution in [3.63, 3.8) is 0 Å². The summed E-state index contributed by atoms with van der Waals surface area (Å²) in [5.41, 5.74) is 0.896. The highest BCUT2D eigenvalue weighted by molar-refractivity contribution is 5.73. The first-order chi connectivity index (χ1) is 7.63. The highest BCUT2D eigenvalue weighted by Gasteiger charge is 2.14. The molecule has 0 aliphatic carbocycles. The van der Waals surface area contributed by atoms with Crippen molar-refractivity contribution in [2.75, 3.05) is 0 Å². The summed E-state index contributed by atoms with van der Waals surface area (Å²) in [6.45, 7) is 4.26. The summed E-state index contributed by atoms with van der Waals surface area (Å²) in [4.78, 5) is 19.0. The molecule has 0 spiro atoms. The van der Waals surface area contributed by atoms with Crippen molar-refractivity contribution in [1.82, 2.24) is 15.3 Å². The molecular formula is C11H17N3O2. The summed E-state index contributed by atoms with van der Waals surface area (Å²) >= 11 is 0. The Hall–Kier alpha value is -1.49. The zero-order valence-electron chi connectivity index (χ0n) is 9.60. The molecule has 0 aliphatic rings. The number of carboxylic acids is 1. The average molecular weight is 223 g/mol. The number of hydrogen-bond acceptors (Lipinski definition) is 4. The predicted molar refractivity (Wildman–Crippen MR) is 59.9 cm³/mol. The summed E-state index contributed by atoms with van der Waals surface area (Å²) in [6, 6.07) is -0.494. The number of rotatable bonds is 6. The molecule has 16 heavy (non-hydrogen) atoms. The summed E-state index contributed by atoms with van der Waals surface area (Å²) in [7, 11) is 0. The smallest absolute Gasteiger partial charge is 0.320 e. The number of aliphatic carboxylic acids is 1. The number of aryl methyl sites for hydroxylation is 1. The summed E-state index contributed by atoms with van der Waals surface area (Å²) < 4.78 is 0. The number of aromatic nitrogens is 2. The van der Waals surface area contributed by atoms with Gasteiger partial charge in [-0.25, -0.2) is 9.97 Å². The molecule has 0 aliphatic heterocycles. The summed E-state index contributed by atoms with van der Waals surface area (Å²) in [6.07, 6.45) is 4.89. The maximum atomic E-state index is 10.9. The van der Waals surface area contributed by atoms with E-state index in [1.807, 2.05) is 13.8 Å². The normalized spacial score (nSPS) is 12.4. The Morgan fingerprint density at radius 1 is 1.50 bits per heavy atom. The molecule has 0 fully saturated rings. The first kappa shape index (κ1) is 12.6. The van der Waals surface area contributed by atoms with Gasteiger partial charge in [0.25, 0.3) is 0 Å². The number of carboxylic acid groups (broad SMARTS) is 1. The van der Waals surface area contributed by atoms with E-state index in [4.69, 9.17) is 5.11 Å². The van der Waals surface area contributed by atoms with Crippen molar-refractivity contribution in [1.29, 1.82) is 0 Å². The van der Waals surface area contributed by atoms with Gasteiger partial charge in [-0.15, -0.1) is 0 Å². The van der Waals surface area contributed by atoms with Gasteiger partial charge in [0.1, 0.15) is 11.9 Å². The fraction of sp³-hybridized carbons (Fsp3) is 0.545. The summed E-state index contributed by atoms with van der Waals surface area (Å²) in [5.74, 6) is -0.0954. The third-order valence-electron chi connectivity index (χ3n) is 2.26. The molecule has 0 aromatic carbocycles. The van der Waals surface area contributed by atoms with Crippen LogP contribution in [0.25, 0.3) is 0 Å². The van der Waals surface area contributed by atoms with Gasteiger partial charge in [-0.1, -0.05) is 13.3 Å². The van der Waals surface area contributed by atoms with Gasteiger partial charge in [-0.2, -0.15) is 0 Å². The first-order valence-corrected chi connectivity index (χ1v) is 5.37. The van der Waals surface area contributed by atoms with Gasteiger partial charge in [-0.3, -0.25) is 4.79 Å². The number of hydrogen-bond donors (Lipinski definition) is 2. The minimum Gasteiger partial charge on any atom is -0.480 e. The van der Waals surface area contributed by atoms with Crippen LogP contribution in [0.1, 0.15) is 31.2 Å². The SMILES string of the molecule is CCC[C@@H](NCc1cnc(C)nc1)C(=O)O. The van der Waals surface area contributed by atoms with E-state index in [1.54, 1.807) is 12.4 Å². The molecule has 1 heterocycles. The van der Waals surface area contributed by atoms with E-state index < -0.39 is 12.0 Å². The predicted octanol–water partition coefficient (Wildman–Crippen LogP) is 1.13. The maximum absolute atomic E-state index is 10.9. The van der Waals surface area contributed by atoms with Crippen molar-refractivity contribution < 1.29 is 9.90 Å². The van der Waals surface area contributed by atoms with E-state index in [2.05, 4.69) is 15.3 Å². The third kappa shape index (κ3) is 3.94. The van der Waals surface area contributed by atoms with E-state index >= 15 is 0 Å². The Labute approximate surface area is 94.9 Å². The van der Waals surface area contributed by atoms with Crippen LogP contribution in [0.15, 0.2) is 12.4 Å². The van der Waals surface area contributed by atoms with Crippen molar-refractivity contribution in [3.05, 3.63) is 23.8 Å². The van der Waals surface area contributed by atoms with Crippen LogP contribution in [0.5, 0.6) is 0 Å². The average Bonchev–Trinajstić information content (AvgIpc) is 2.26. The van der Waals surface area contributed by atoms with Crippen LogP contribution in [0.3, 0.4) is 0 Å². The van der Waals surface area contributed by atoms with Gasteiger partial charge in [0.05, 0.1) is 0 Å². The molecule has 1 atom stereocenters. The monoisotopic (exact) mass is 223 g/mol. The van der Waals surface area contributed by atoms with Crippen LogP contribution in [0, 0.1) is 6.92 Å². The van der Waals surface area contributed by atoms with Crippen molar-refractivity contribution in [2.45, 2.75) is 39.3 Å². The zero-order chi connectivity index (χ0) is 12.0. The molecule has 5 nitrogen and oxygen atoms in total. The second-order valence-electron chi connectivity index (χ2n) is 3.70. The maximum Gasteiger partial charge on any atom is 0.320 e. The third-order valence-corrected chi connectivity index (χ3v) is 2.26. The Balaban J connectivity index is 2.48. The van der Waals surface area contributed by atoms with Crippen LogP contribution in [0.4, 0.5) is 0 Å². The van der Waals surface area contributed by atoms with E-state index in [9.17, 15) is 4.79 Å². The number of nitrogens with zero attached hydrogens (tertiary/aromatic N) is 2. The second-order valence-corrected chi connectivity index (χ2v) is 3.70. The minimum absolute atomic E-state index is 0.483. The molecule has 1 rings (SSSR count). The first-order valence-electron chi connectivity index (χ1n) is 5.37. The standard InChI is InChI=1S/C11H17N3O2/c1-3-4-10(11(15)16)14-7-9-5-12-8(2)13-6-9/h5-6,10,14H,3-4,7H2,1-2H3,(H,15,16)/t10-/m1/s1. The van der Waals surface area contributed by atoms with Gasteiger partial charge < -0.3 is 10.4 Å². The van der Waals surface area contributed by atoms with E-state index in [1.165, 1.54) is 0 Å². The fourth-order valence-electron chi connectivity index (χ4n) is 1.35. The molecule has 2 N–H and O–H groups in total. The molecule has 0 radical (unpaired) electrons. The highest BCUT2D eigenvalue weighted by atomic mass is 16.4. The van der Waals surface area contributed by atoms with Gasteiger partial charge >= 0.3 is 5.97 Å². The van der Waals surface area contributed by atoms with Crippen molar-refractivity contribution in [2.24, 2.45) is 0 Å². The molecule has 1 aromatic rings. The number of carbonyl (C=O) groups is 1. The van der Waals surface area contributed by atoms with Gasteiger partial charge in [0, 0.05) is 24.5 Å². The minimum atomic E-state index is -0.810.